The lowest BCUT2D eigenvalue weighted by Gasteiger charge is -2.23. The van der Waals surface area contributed by atoms with E-state index in [-0.39, 0.29) is 32.5 Å². The Morgan fingerprint density at radius 2 is 1.58 bits per heavy atom. The van der Waals surface area contributed by atoms with Crippen LogP contribution in [-0.2, 0) is 30.3 Å². The zero-order valence-corrected chi connectivity index (χ0v) is 25.6. The van der Waals surface area contributed by atoms with E-state index in [1.807, 2.05) is 66.7 Å². The van der Waals surface area contributed by atoms with Gasteiger partial charge in [0.05, 0.1) is 18.6 Å². The second-order valence-corrected chi connectivity index (χ2v) is 10.9. The molecule has 0 aliphatic carbocycles. The summed E-state index contributed by atoms with van der Waals surface area (Å²) in [6.45, 7) is 6.74. The van der Waals surface area contributed by atoms with Crippen molar-refractivity contribution in [3.63, 3.8) is 0 Å². The Morgan fingerprint density at radius 3 is 2.29 bits per heavy atom. The Bertz CT molecular complexity index is 1440. The molecule has 9 heteroatoms. The van der Waals surface area contributed by atoms with Crippen LogP contribution in [-0.4, -0.2) is 54.1 Å². The number of anilines is 1. The smallest absolute Gasteiger partial charge is 0.305 e. The van der Waals surface area contributed by atoms with E-state index in [1.54, 1.807) is 12.1 Å². The van der Waals surface area contributed by atoms with Gasteiger partial charge in [0.2, 0.25) is 11.8 Å². The number of amides is 3. The van der Waals surface area contributed by atoms with Gasteiger partial charge in [-0.05, 0) is 60.6 Å². The summed E-state index contributed by atoms with van der Waals surface area (Å²) in [5.41, 5.74) is 1.47. The molecule has 0 unspecified atom stereocenters. The monoisotopic (exact) mass is 613 g/mol. The fraction of sp³-hybridized carbons (Fsp3) is 0.333. The van der Waals surface area contributed by atoms with Crippen LogP contribution in [0, 0.1) is 5.92 Å². The van der Waals surface area contributed by atoms with E-state index in [4.69, 9.17) is 4.74 Å². The molecule has 238 valence electrons. The van der Waals surface area contributed by atoms with Crippen LogP contribution in [0.1, 0.15) is 44.1 Å². The van der Waals surface area contributed by atoms with E-state index < -0.39 is 41.7 Å². The van der Waals surface area contributed by atoms with E-state index >= 15 is 0 Å². The molecule has 0 radical (unpaired) electrons. The highest BCUT2D eigenvalue weighted by molar-refractivity contribution is 5.99. The molecule has 3 aromatic carbocycles. The molecule has 3 rings (SSSR count). The van der Waals surface area contributed by atoms with Crippen molar-refractivity contribution in [3.8, 4) is 0 Å². The first kappa shape index (κ1) is 34.7. The Morgan fingerprint density at radius 1 is 0.844 bits per heavy atom. The Hall–Kier alpha value is -4.76. The van der Waals surface area contributed by atoms with Gasteiger partial charge >= 0.3 is 5.97 Å². The Labute approximate surface area is 264 Å². The van der Waals surface area contributed by atoms with E-state index in [1.165, 1.54) is 6.08 Å². The molecule has 0 aliphatic heterocycles. The molecule has 9 nitrogen and oxygen atoms in total. The standard InChI is InChI=1S/C36H43N3O6/c1-3-5-6-10-18-34(42)45-25-32(36(44)38-30-20-19-27-16-11-12-17-28(27)22-30)39-35(43)29(13-4-2)23-33(41)37-31(24-40)21-26-14-8-7-9-15-26/h3-4,7-9,11-12,14-17,19-20,22,29,31-32,40H,1-2,5-6,10,13,18,21,23-25H2,(H,37,41)(H,38,44)(H,39,43)/t29-,31-,32-/m0/s1. The number of unbranched alkanes of at least 4 members (excludes halogenated alkanes) is 2. The summed E-state index contributed by atoms with van der Waals surface area (Å²) < 4.78 is 5.39. The predicted octanol–water partition coefficient (Wildman–Crippen LogP) is 4.85. The summed E-state index contributed by atoms with van der Waals surface area (Å²) in [5, 5.41) is 20.0. The number of fused-ring (bicyclic) bond motifs is 1. The van der Waals surface area contributed by atoms with Crippen LogP contribution in [0.2, 0.25) is 0 Å². The maximum absolute atomic E-state index is 13.4. The van der Waals surface area contributed by atoms with Crippen LogP contribution in [0.25, 0.3) is 10.8 Å². The van der Waals surface area contributed by atoms with Crippen molar-refractivity contribution >= 4 is 40.2 Å². The lowest BCUT2D eigenvalue weighted by molar-refractivity contribution is -0.146. The number of carbonyl (C=O) groups excluding carboxylic acids is 4. The number of ether oxygens (including phenoxy) is 1. The molecule has 3 amide bonds. The molecular weight excluding hydrogens is 570 g/mol. The van der Waals surface area contributed by atoms with Crippen LogP contribution >= 0.6 is 0 Å². The summed E-state index contributed by atoms with van der Waals surface area (Å²) in [5.74, 6) is -2.87. The van der Waals surface area contributed by atoms with Crippen molar-refractivity contribution in [2.45, 2.75) is 57.0 Å². The molecule has 0 saturated heterocycles. The van der Waals surface area contributed by atoms with Gasteiger partial charge in [-0.1, -0.05) is 72.8 Å². The summed E-state index contributed by atoms with van der Waals surface area (Å²) >= 11 is 0. The maximum atomic E-state index is 13.4. The number of esters is 1. The van der Waals surface area contributed by atoms with Crippen LogP contribution in [0.5, 0.6) is 0 Å². The Kier molecular flexibility index (Phi) is 14.5. The van der Waals surface area contributed by atoms with E-state index in [2.05, 4.69) is 29.1 Å². The van der Waals surface area contributed by atoms with E-state index in [0.29, 0.717) is 18.5 Å². The number of allylic oxidation sites excluding steroid dienone is 2. The zero-order valence-electron chi connectivity index (χ0n) is 25.6. The minimum atomic E-state index is -1.21. The fourth-order valence-electron chi connectivity index (χ4n) is 4.83. The SMILES string of the molecule is C=CCCCCC(=O)OC[C@H](NC(=O)[C@@H](CC=C)CC(=O)N[C@H](CO)Cc1ccccc1)C(=O)Nc1ccc2ccccc2c1. The third-order valence-corrected chi connectivity index (χ3v) is 7.26. The van der Waals surface area contributed by atoms with Crippen molar-refractivity contribution in [1.82, 2.24) is 10.6 Å². The molecule has 0 aliphatic rings. The second-order valence-electron chi connectivity index (χ2n) is 10.9. The highest BCUT2D eigenvalue weighted by atomic mass is 16.5. The molecule has 0 spiro atoms. The molecule has 0 bridgehead atoms. The first-order valence-electron chi connectivity index (χ1n) is 15.2. The highest BCUT2D eigenvalue weighted by Crippen LogP contribution is 2.19. The normalized spacial score (nSPS) is 12.7. The van der Waals surface area contributed by atoms with Gasteiger partial charge in [-0.2, -0.15) is 0 Å². The third kappa shape index (κ3) is 12.0. The average Bonchev–Trinajstić information content (AvgIpc) is 3.04. The summed E-state index contributed by atoms with van der Waals surface area (Å²) in [6, 6.07) is 20.8. The van der Waals surface area contributed by atoms with Gasteiger partial charge < -0.3 is 25.8 Å². The first-order chi connectivity index (χ1) is 21.8. The number of benzene rings is 3. The van der Waals surface area contributed by atoms with Crippen LogP contribution in [0.15, 0.2) is 98.1 Å². The third-order valence-electron chi connectivity index (χ3n) is 7.26. The van der Waals surface area contributed by atoms with Gasteiger partial charge in [0.15, 0.2) is 0 Å². The summed E-state index contributed by atoms with van der Waals surface area (Å²) in [4.78, 5) is 52.1. The molecule has 3 atom stereocenters. The molecule has 0 saturated carbocycles. The molecule has 0 aromatic heterocycles. The van der Waals surface area contributed by atoms with Crippen molar-refractivity contribution in [2.24, 2.45) is 5.92 Å². The minimum absolute atomic E-state index is 0.170. The number of aliphatic hydroxyl groups excluding tert-OH is 1. The van der Waals surface area contributed by atoms with Crippen molar-refractivity contribution in [3.05, 3.63) is 104 Å². The molecule has 3 aromatic rings. The zero-order chi connectivity index (χ0) is 32.4. The number of nitrogens with one attached hydrogen (secondary N) is 3. The first-order valence-corrected chi connectivity index (χ1v) is 15.2. The van der Waals surface area contributed by atoms with E-state index in [0.717, 1.165) is 29.2 Å². The largest absolute Gasteiger partial charge is 0.463 e. The fourth-order valence-corrected chi connectivity index (χ4v) is 4.83. The number of aliphatic hydroxyl groups is 1. The van der Waals surface area contributed by atoms with Crippen molar-refractivity contribution in [2.75, 3.05) is 18.5 Å². The summed E-state index contributed by atoms with van der Waals surface area (Å²) in [6.07, 6.45) is 6.07. The molecule has 0 heterocycles. The summed E-state index contributed by atoms with van der Waals surface area (Å²) in [7, 11) is 0. The van der Waals surface area contributed by atoms with Gasteiger partial charge in [0, 0.05) is 18.5 Å². The van der Waals surface area contributed by atoms with Crippen LogP contribution < -0.4 is 16.0 Å². The maximum Gasteiger partial charge on any atom is 0.305 e. The number of hydrogen-bond donors (Lipinski definition) is 4. The predicted molar refractivity (Wildman–Crippen MR) is 176 cm³/mol. The molecule has 0 fully saturated rings. The highest BCUT2D eigenvalue weighted by Gasteiger charge is 2.28. The molecular formula is C36H43N3O6. The van der Waals surface area contributed by atoms with Gasteiger partial charge in [-0.15, -0.1) is 13.2 Å². The molecule has 45 heavy (non-hydrogen) atoms. The molecule has 4 N–H and O–H groups in total. The second kappa shape index (κ2) is 18.8. The van der Waals surface area contributed by atoms with Crippen LogP contribution in [0.4, 0.5) is 5.69 Å². The lowest BCUT2D eigenvalue weighted by atomic mass is 9.98. The minimum Gasteiger partial charge on any atom is -0.463 e. The Balaban J connectivity index is 1.68. The average molecular weight is 614 g/mol. The van der Waals surface area contributed by atoms with Gasteiger partial charge in [0.25, 0.3) is 5.91 Å². The number of rotatable bonds is 19. The van der Waals surface area contributed by atoms with E-state index in [9.17, 15) is 24.3 Å². The van der Waals surface area contributed by atoms with Crippen molar-refractivity contribution in [1.29, 1.82) is 0 Å². The van der Waals surface area contributed by atoms with Gasteiger partial charge in [-0.25, -0.2) is 0 Å². The van der Waals surface area contributed by atoms with Crippen molar-refractivity contribution < 1.29 is 29.0 Å². The number of hydrogen-bond acceptors (Lipinski definition) is 6. The van der Waals surface area contributed by atoms with Crippen LogP contribution in [0.3, 0.4) is 0 Å². The lowest BCUT2D eigenvalue weighted by Crippen LogP contribution is -2.49. The number of carbonyl (C=O) groups is 4. The van der Waals surface area contributed by atoms with Gasteiger partial charge in [-0.3, -0.25) is 19.2 Å². The quantitative estimate of drug-likeness (QED) is 0.0868. The topological polar surface area (TPSA) is 134 Å². The van der Waals surface area contributed by atoms with Gasteiger partial charge in [0.1, 0.15) is 12.6 Å².